The van der Waals surface area contributed by atoms with Crippen LogP contribution in [0.25, 0.3) is 0 Å². The van der Waals surface area contributed by atoms with Gasteiger partial charge in [0.2, 0.25) is 0 Å². The number of rotatable bonds is 9. The molecule has 0 unspecified atom stereocenters. The highest BCUT2D eigenvalue weighted by Crippen LogP contribution is 2.63. The van der Waals surface area contributed by atoms with E-state index in [-0.39, 0.29) is 0 Å². The largest absolute Gasteiger partial charge is 0.460 e. The van der Waals surface area contributed by atoms with Crippen molar-refractivity contribution in [1.82, 2.24) is 0 Å². The highest BCUT2D eigenvalue weighted by molar-refractivity contribution is 5.90. The predicted molar refractivity (Wildman–Crippen MR) is 66.2 cm³/mol. The zero-order valence-electron chi connectivity index (χ0n) is 14.6. The van der Waals surface area contributed by atoms with Crippen molar-refractivity contribution >= 4 is 5.78 Å². The van der Waals surface area contributed by atoms with E-state index in [1.54, 1.807) is 0 Å². The van der Waals surface area contributed by atoms with Crippen molar-refractivity contribution in [2.45, 2.75) is 61.4 Å². The van der Waals surface area contributed by atoms with Gasteiger partial charge in [-0.2, -0.15) is 70.2 Å². The quantitative estimate of drug-likeness (QED) is 0.215. The van der Waals surface area contributed by atoms with Crippen molar-refractivity contribution in [3.8, 4) is 0 Å². The van der Waals surface area contributed by atoms with Gasteiger partial charge in [0, 0.05) is 13.8 Å². The number of allylic oxidation sites excluding steroid dienone is 1. The number of ether oxygens (including phenoxy) is 1. The van der Waals surface area contributed by atoms with Crippen molar-refractivity contribution in [1.29, 1.82) is 0 Å². The maximum absolute atomic E-state index is 13.9. The van der Waals surface area contributed by atoms with E-state index < -0.39 is 66.0 Å². The van der Waals surface area contributed by atoms with Crippen LogP contribution in [0.2, 0.25) is 0 Å². The van der Waals surface area contributed by atoms with Gasteiger partial charge in [-0.15, -0.1) is 0 Å². The summed E-state index contributed by atoms with van der Waals surface area (Å²) in [6.45, 7) is 1.84. The van der Waals surface area contributed by atoms with Crippen molar-refractivity contribution in [2.24, 2.45) is 0 Å². The zero-order valence-corrected chi connectivity index (χ0v) is 14.6. The number of hydrogen-bond donors (Lipinski definition) is 0. The fourth-order valence-electron chi connectivity index (χ4n) is 1.61. The Kier molecular flexibility index (Phi) is 6.86. The molecule has 0 saturated carbocycles. The normalized spacial score (nSPS) is 17.2. The molecular weight excluding hydrogens is 492 g/mol. The van der Waals surface area contributed by atoms with Gasteiger partial charge in [-0.25, -0.2) is 0 Å². The second-order valence-electron chi connectivity index (χ2n) is 5.94. The first-order chi connectivity index (χ1) is 13.1. The van der Waals surface area contributed by atoms with Crippen molar-refractivity contribution in [3.63, 3.8) is 0 Å². The van der Waals surface area contributed by atoms with Crippen LogP contribution >= 0.6 is 0 Å². The van der Waals surface area contributed by atoms with Gasteiger partial charge in [0.25, 0.3) is 0 Å². The first-order valence-electron chi connectivity index (χ1n) is 6.99. The van der Waals surface area contributed by atoms with Gasteiger partial charge in [-0.05, 0) is 0 Å². The Bertz CT molecular complexity index is 718. The van der Waals surface area contributed by atoms with Crippen LogP contribution in [0.5, 0.6) is 0 Å². The Labute approximate surface area is 160 Å². The average Bonchev–Trinajstić information content (AvgIpc) is 2.51. The minimum atomic E-state index is -8.56. The van der Waals surface area contributed by atoms with E-state index >= 15 is 0 Å². The molecule has 0 fully saturated rings. The number of ketones is 1. The van der Waals surface area contributed by atoms with Crippen LogP contribution in [-0.2, 0) is 9.53 Å². The van der Waals surface area contributed by atoms with Gasteiger partial charge < -0.3 is 4.74 Å². The molecule has 0 aromatic carbocycles. The second kappa shape index (κ2) is 7.31. The highest BCUT2D eigenvalue weighted by atomic mass is 19.4. The average molecular weight is 500 g/mol. The Hall–Kier alpha value is -1.91. The summed E-state index contributed by atoms with van der Waals surface area (Å²) in [5.41, 5.74) is 0. The molecule has 0 aliphatic carbocycles. The molecule has 0 amide bonds. The molecule has 0 saturated heterocycles. The van der Waals surface area contributed by atoms with E-state index in [9.17, 15) is 75.0 Å². The molecule has 0 rings (SSSR count). The monoisotopic (exact) mass is 500 g/mol. The maximum atomic E-state index is 13.9. The molecule has 184 valence electrons. The lowest BCUT2D eigenvalue weighted by molar-refractivity contribution is -0.464. The van der Waals surface area contributed by atoms with E-state index in [4.69, 9.17) is 0 Å². The Morgan fingerprint density at radius 1 is 0.581 bits per heavy atom. The number of alkyl halides is 16. The summed E-state index contributed by atoms with van der Waals surface area (Å²) in [4.78, 5) is 10.7. The summed E-state index contributed by atoms with van der Waals surface area (Å²) in [7, 11) is 0. The van der Waals surface area contributed by atoms with Crippen LogP contribution in [0.3, 0.4) is 0 Å². The molecule has 0 spiro atoms. The molecule has 31 heavy (non-hydrogen) atoms. The minimum absolute atomic E-state index is 0.358. The third kappa shape index (κ3) is 3.89. The number of carbonyl (C=O) groups is 1. The summed E-state index contributed by atoms with van der Waals surface area (Å²) < 4.78 is 212. The second-order valence-corrected chi connectivity index (χ2v) is 5.94. The minimum Gasteiger partial charge on any atom is -0.449 e. The summed E-state index contributed by atoms with van der Waals surface area (Å²) >= 11 is 0. The van der Waals surface area contributed by atoms with Crippen LogP contribution < -0.4 is 0 Å². The molecule has 18 heteroatoms. The fraction of sp³-hybridized carbons (Fsp3) is 0.769. The summed E-state index contributed by atoms with van der Waals surface area (Å²) in [6, 6.07) is 0. The highest BCUT2D eigenvalue weighted by Gasteiger charge is 2.95. The topological polar surface area (TPSA) is 26.3 Å². The maximum Gasteiger partial charge on any atom is 0.460 e. The summed E-state index contributed by atoms with van der Waals surface area (Å²) in [6.07, 6.45) is -7.75. The van der Waals surface area contributed by atoms with Gasteiger partial charge >= 0.3 is 47.6 Å². The van der Waals surface area contributed by atoms with Crippen molar-refractivity contribution in [3.05, 3.63) is 12.3 Å². The lowest BCUT2D eigenvalue weighted by atomic mass is 9.89. The molecule has 0 bridgehead atoms. The third-order valence-corrected chi connectivity index (χ3v) is 3.60. The molecule has 0 aliphatic rings. The third-order valence-electron chi connectivity index (χ3n) is 3.60. The lowest BCUT2D eigenvalue weighted by Gasteiger charge is -2.43. The smallest absolute Gasteiger partial charge is 0.449 e. The van der Waals surface area contributed by atoms with Crippen LogP contribution in [0.4, 0.5) is 70.2 Å². The standard InChI is InChI=1S/C13H8F16O2/c1-4(30)5(2)31-6(3,14)7(15,16)8(17,18)9(19,20)10(21,22)11(23,24)12(25,26)13(27,28)29/h2H2,1,3H3/t6-/m0/s1. The fourth-order valence-corrected chi connectivity index (χ4v) is 1.61. The summed E-state index contributed by atoms with van der Waals surface area (Å²) in [5.74, 6) is -58.1. The number of hydrogen-bond acceptors (Lipinski definition) is 2. The Balaban J connectivity index is 6.69. The van der Waals surface area contributed by atoms with Crippen LogP contribution in [0.15, 0.2) is 12.3 Å². The van der Waals surface area contributed by atoms with E-state index in [0.717, 1.165) is 0 Å². The van der Waals surface area contributed by atoms with E-state index in [1.807, 2.05) is 0 Å². The Morgan fingerprint density at radius 2 is 0.839 bits per heavy atom. The first kappa shape index (κ1) is 29.1. The number of halogens is 16. The molecule has 0 N–H and O–H groups in total. The molecular formula is C13H8F16O2. The molecule has 2 nitrogen and oxygen atoms in total. The van der Waals surface area contributed by atoms with Gasteiger partial charge in [0.15, 0.2) is 11.5 Å². The van der Waals surface area contributed by atoms with E-state index in [2.05, 4.69) is 11.3 Å². The SMILES string of the molecule is C=C(O[C@](C)(F)C(F)(F)C(F)(F)C(F)(F)C(F)(F)C(F)(F)C(F)(F)C(F)(F)F)C(C)=O. The molecule has 0 heterocycles. The number of carbonyl (C=O) groups excluding carboxylic acids is 1. The predicted octanol–water partition coefficient (Wildman–Crippen LogP) is 6.17. The Morgan fingerprint density at radius 3 is 1.10 bits per heavy atom. The molecule has 1 atom stereocenters. The van der Waals surface area contributed by atoms with Crippen LogP contribution in [-0.4, -0.2) is 53.3 Å². The van der Waals surface area contributed by atoms with E-state index in [0.29, 0.717) is 6.92 Å². The molecule has 0 aromatic rings. The van der Waals surface area contributed by atoms with Crippen molar-refractivity contribution < 1.29 is 79.8 Å². The van der Waals surface area contributed by atoms with Crippen LogP contribution in [0.1, 0.15) is 13.8 Å². The number of Topliss-reactive ketones (excluding diaryl/α,β-unsaturated/α-hetero) is 1. The van der Waals surface area contributed by atoms with Gasteiger partial charge in [0.1, 0.15) is 0 Å². The summed E-state index contributed by atoms with van der Waals surface area (Å²) in [5, 5.41) is 0. The molecule has 0 radical (unpaired) electrons. The molecule has 0 aromatic heterocycles. The lowest BCUT2D eigenvalue weighted by Crippen LogP contribution is -2.74. The first-order valence-corrected chi connectivity index (χ1v) is 6.99. The van der Waals surface area contributed by atoms with Gasteiger partial charge in [-0.1, -0.05) is 6.58 Å². The van der Waals surface area contributed by atoms with E-state index in [1.165, 1.54) is 0 Å². The van der Waals surface area contributed by atoms with Gasteiger partial charge in [-0.3, -0.25) is 4.79 Å². The van der Waals surface area contributed by atoms with Crippen LogP contribution in [0, 0.1) is 0 Å². The van der Waals surface area contributed by atoms with Gasteiger partial charge in [0.05, 0.1) is 0 Å². The zero-order chi connectivity index (χ0) is 25.9. The van der Waals surface area contributed by atoms with Crippen molar-refractivity contribution in [2.75, 3.05) is 0 Å². The molecule has 0 aliphatic heterocycles.